The SMILES string of the molecule is CC1CCCCC1N1C(=O)C(=O)N(CN(C)Cc2ccc(Br)s2)C1=O. The van der Waals surface area contributed by atoms with Crippen molar-refractivity contribution in [2.75, 3.05) is 13.7 Å². The van der Waals surface area contributed by atoms with Gasteiger partial charge in [-0.05, 0) is 53.9 Å². The van der Waals surface area contributed by atoms with Crippen molar-refractivity contribution in [1.82, 2.24) is 14.7 Å². The van der Waals surface area contributed by atoms with Crippen LogP contribution in [0.3, 0.4) is 0 Å². The number of imide groups is 2. The number of rotatable bonds is 5. The minimum Gasteiger partial charge on any atom is -0.283 e. The van der Waals surface area contributed by atoms with Crippen LogP contribution in [0.5, 0.6) is 0 Å². The zero-order valence-corrected chi connectivity index (χ0v) is 16.8. The van der Waals surface area contributed by atoms with E-state index in [1.54, 1.807) is 11.3 Å². The monoisotopic (exact) mass is 427 g/mol. The fourth-order valence-corrected chi connectivity index (χ4v) is 5.18. The van der Waals surface area contributed by atoms with Gasteiger partial charge in [-0.1, -0.05) is 19.8 Å². The van der Waals surface area contributed by atoms with E-state index >= 15 is 0 Å². The third-order valence-electron chi connectivity index (χ3n) is 4.92. The minimum absolute atomic E-state index is 0.122. The maximum Gasteiger partial charge on any atom is 0.335 e. The van der Waals surface area contributed by atoms with Gasteiger partial charge < -0.3 is 0 Å². The largest absolute Gasteiger partial charge is 0.335 e. The van der Waals surface area contributed by atoms with Gasteiger partial charge >= 0.3 is 17.8 Å². The van der Waals surface area contributed by atoms with Crippen molar-refractivity contribution in [3.8, 4) is 0 Å². The van der Waals surface area contributed by atoms with Crippen LogP contribution in [-0.4, -0.2) is 52.3 Å². The van der Waals surface area contributed by atoms with Crippen molar-refractivity contribution in [2.24, 2.45) is 5.92 Å². The van der Waals surface area contributed by atoms with Gasteiger partial charge in [0.2, 0.25) is 0 Å². The average molecular weight is 428 g/mol. The molecule has 2 fully saturated rings. The first-order chi connectivity index (χ1) is 11.9. The fraction of sp³-hybridized carbons (Fsp3) is 0.588. The summed E-state index contributed by atoms with van der Waals surface area (Å²) in [5.74, 6) is -1.13. The van der Waals surface area contributed by atoms with E-state index < -0.39 is 17.8 Å². The van der Waals surface area contributed by atoms with E-state index in [0.29, 0.717) is 6.54 Å². The van der Waals surface area contributed by atoms with Gasteiger partial charge in [0, 0.05) is 17.5 Å². The number of carbonyl (C=O) groups excluding carboxylic acids is 3. The van der Waals surface area contributed by atoms with Crippen molar-refractivity contribution in [1.29, 1.82) is 0 Å². The van der Waals surface area contributed by atoms with Crippen LogP contribution in [-0.2, 0) is 16.1 Å². The molecule has 1 aliphatic carbocycles. The summed E-state index contributed by atoms with van der Waals surface area (Å²) in [6, 6.07) is 3.35. The molecule has 8 heteroatoms. The topological polar surface area (TPSA) is 60.9 Å². The predicted molar refractivity (Wildman–Crippen MR) is 98.9 cm³/mol. The van der Waals surface area contributed by atoms with Gasteiger partial charge in [0.15, 0.2) is 0 Å². The van der Waals surface area contributed by atoms with Gasteiger partial charge in [0.25, 0.3) is 0 Å². The third-order valence-corrected chi connectivity index (χ3v) is 6.53. The van der Waals surface area contributed by atoms with Crippen LogP contribution >= 0.6 is 27.3 Å². The molecular weight excluding hydrogens is 406 g/mol. The first-order valence-corrected chi connectivity index (χ1v) is 10.1. The lowest BCUT2D eigenvalue weighted by molar-refractivity contribution is -0.145. The van der Waals surface area contributed by atoms with E-state index in [0.717, 1.165) is 39.2 Å². The minimum atomic E-state index is -0.706. The number of urea groups is 1. The molecule has 136 valence electrons. The number of hydrogen-bond acceptors (Lipinski definition) is 5. The summed E-state index contributed by atoms with van der Waals surface area (Å²) in [7, 11) is 1.84. The Bertz CT molecular complexity index is 692. The van der Waals surface area contributed by atoms with Crippen LogP contribution in [0.15, 0.2) is 15.9 Å². The highest BCUT2D eigenvalue weighted by Crippen LogP contribution is 2.31. The van der Waals surface area contributed by atoms with E-state index in [4.69, 9.17) is 0 Å². The molecule has 0 radical (unpaired) electrons. The Kier molecular flexibility index (Phi) is 5.60. The molecule has 1 saturated carbocycles. The lowest BCUT2D eigenvalue weighted by atomic mass is 9.85. The van der Waals surface area contributed by atoms with Crippen molar-refractivity contribution < 1.29 is 14.4 Å². The second kappa shape index (κ2) is 7.55. The number of amides is 4. The number of nitrogens with zero attached hydrogens (tertiary/aromatic N) is 3. The molecule has 0 aromatic carbocycles. The quantitative estimate of drug-likeness (QED) is 0.534. The molecule has 4 amide bonds. The molecule has 1 aromatic rings. The van der Waals surface area contributed by atoms with E-state index in [1.165, 1.54) is 4.90 Å². The molecule has 2 heterocycles. The van der Waals surface area contributed by atoms with Crippen LogP contribution < -0.4 is 0 Å². The Morgan fingerprint density at radius 3 is 2.56 bits per heavy atom. The smallest absolute Gasteiger partial charge is 0.283 e. The molecule has 6 nitrogen and oxygen atoms in total. The molecule has 0 spiro atoms. The van der Waals surface area contributed by atoms with E-state index in [-0.39, 0.29) is 18.6 Å². The van der Waals surface area contributed by atoms with Crippen LogP contribution in [0.2, 0.25) is 0 Å². The predicted octanol–water partition coefficient (Wildman–Crippen LogP) is 3.27. The van der Waals surface area contributed by atoms with Gasteiger partial charge in [-0.2, -0.15) is 0 Å². The summed E-state index contributed by atoms with van der Waals surface area (Å²) in [6.45, 7) is 2.79. The maximum atomic E-state index is 12.7. The third kappa shape index (κ3) is 3.80. The molecule has 25 heavy (non-hydrogen) atoms. The van der Waals surface area contributed by atoms with Gasteiger partial charge in [-0.3, -0.25) is 19.4 Å². The summed E-state index contributed by atoms with van der Waals surface area (Å²) in [5.41, 5.74) is 0. The Hall–Kier alpha value is -1.25. The van der Waals surface area contributed by atoms with E-state index in [2.05, 4.69) is 22.9 Å². The Balaban J connectivity index is 1.68. The zero-order chi connectivity index (χ0) is 18.1. The second-order valence-corrected chi connectivity index (χ2v) is 9.43. The van der Waals surface area contributed by atoms with Gasteiger partial charge in [-0.15, -0.1) is 11.3 Å². The molecule has 1 aliphatic heterocycles. The van der Waals surface area contributed by atoms with Crippen LogP contribution in [0.4, 0.5) is 4.79 Å². The van der Waals surface area contributed by atoms with Crippen molar-refractivity contribution in [3.05, 3.63) is 20.8 Å². The number of thiophene rings is 1. The molecular formula is C17H22BrN3O3S. The highest BCUT2D eigenvalue weighted by molar-refractivity contribution is 9.11. The van der Waals surface area contributed by atoms with Crippen LogP contribution in [0.25, 0.3) is 0 Å². The maximum absolute atomic E-state index is 12.7. The lowest BCUT2D eigenvalue weighted by Crippen LogP contribution is -2.46. The molecule has 2 unspecified atom stereocenters. The Morgan fingerprint density at radius 1 is 1.20 bits per heavy atom. The molecule has 0 N–H and O–H groups in total. The standard InChI is InChI=1S/C17H22BrN3O3S/c1-11-5-3-4-6-13(11)21-16(23)15(22)20(17(21)24)10-19(2)9-12-7-8-14(18)25-12/h7-8,11,13H,3-6,9-10H2,1-2H3. The molecule has 2 aliphatic rings. The summed E-state index contributed by atoms with van der Waals surface area (Å²) in [5, 5.41) is 0. The average Bonchev–Trinajstić information content (AvgIpc) is 3.06. The lowest BCUT2D eigenvalue weighted by Gasteiger charge is -2.34. The molecule has 3 rings (SSSR count). The number of carbonyl (C=O) groups is 3. The summed E-state index contributed by atoms with van der Waals surface area (Å²) in [6.07, 6.45) is 3.89. The highest BCUT2D eigenvalue weighted by atomic mass is 79.9. The zero-order valence-electron chi connectivity index (χ0n) is 14.4. The first-order valence-electron chi connectivity index (χ1n) is 8.50. The summed E-state index contributed by atoms with van der Waals surface area (Å²) in [4.78, 5) is 42.8. The van der Waals surface area contributed by atoms with Crippen molar-refractivity contribution >= 4 is 45.1 Å². The van der Waals surface area contributed by atoms with Crippen molar-refractivity contribution in [3.63, 3.8) is 0 Å². The molecule has 1 aromatic heterocycles. The van der Waals surface area contributed by atoms with Gasteiger partial charge in [0.05, 0.1) is 10.5 Å². The number of hydrogen-bond donors (Lipinski definition) is 0. The Labute approximate surface area is 159 Å². The van der Waals surface area contributed by atoms with Crippen LogP contribution in [0, 0.1) is 5.92 Å². The van der Waals surface area contributed by atoms with Crippen molar-refractivity contribution in [2.45, 2.75) is 45.2 Å². The van der Waals surface area contributed by atoms with Crippen LogP contribution in [0.1, 0.15) is 37.5 Å². The number of halogens is 1. The highest BCUT2D eigenvalue weighted by Gasteiger charge is 2.49. The fourth-order valence-electron chi connectivity index (χ4n) is 3.61. The first kappa shape index (κ1) is 18.5. The second-order valence-electron chi connectivity index (χ2n) is 6.88. The molecule has 0 bridgehead atoms. The summed E-state index contributed by atoms with van der Waals surface area (Å²) < 4.78 is 1.04. The van der Waals surface area contributed by atoms with Gasteiger partial charge in [-0.25, -0.2) is 9.69 Å². The van der Waals surface area contributed by atoms with E-state index in [1.807, 2.05) is 24.1 Å². The molecule has 2 atom stereocenters. The van der Waals surface area contributed by atoms with E-state index in [9.17, 15) is 14.4 Å². The summed E-state index contributed by atoms with van der Waals surface area (Å²) >= 11 is 5.03. The van der Waals surface area contributed by atoms with Gasteiger partial charge in [0.1, 0.15) is 0 Å². The Morgan fingerprint density at radius 2 is 1.92 bits per heavy atom. The normalized spacial score (nSPS) is 24.7. The molecule has 1 saturated heterocycles.